The van der Waals surface area contributed by atoms with Gasteiger partial charge in [0.05, 0.1) is 0 Å². The highest BCUT2D eigenvalue weighted by Crippen LogP contribution is 2.31. The summed E-state index contributed by atoms with van der Waals surface area (Å²) in [5.41, 5.74) is 1.16. The Morgan fingerprint density at radius 3 is 2.69 bits per heavy atom. The maximum absolute atomic E-state index is 9.24. The van der Waals surface area contributed by atoms with E-state index in [2.05, 4.69) is 30.1 Å². The first-order valence-electron chi connectivity index (χ1n) is 9.66. The summed E-state index contributed by atoms with van der Waals surface area (Å²) in [6.45, 7) is 7.98. The molecule has 0 spiro atoms. The van der Waals surface area contributed by atoms with Gasteiger partial charge < -0.3 is 24.8 Å². The second-order valence-electron chi connectivity index (χ2n) is 6.70. The van der Waals surface area contributed by atoms with E-state index in [1.165, 1.54) is 0 Å². The van der Waals surface area contributed by atoms with Crippen LogP contribution in [0, 0.1) is 5.92 Å². The molecule has 6 nitrogen and oxygen atoms in total. The van der Waals surface area contributed by atoms with E-state index in [1.807, 2.05) is 19.2 Å². The highest BCUT2D eigenvalue weighted by Gasteiger charge is 2.14. The lowest BCUT2D eigenvalue weighted by atomic mass is 10.0. The van der Waals surface area contributed by atoms with E-state index in [0.29, 0.717) is 19.1 Å². The van der Waals surface area contributed by atoms with E-state index in [0.717, 1.165) is 61.9 Å². The Balaban J connectivity index is 2.02. The topological polar surface area (TPSA) is 66.3 Å². The third kappa shape index (κ3) is 6.09. The standard InChI is InChI=1S/C20H33N3O3/c1-4-6-16(9-10-24)14-22-20(21-5-2)23(3)15-17-7-8-18-19(13-17)26-12-11-25-18/h7-8,13,16,24H,4-6,9-12,14-15H2,1-3H3,(H,21,22). The summed E-state index contributed by atoms with van der Waals surface area (Å²) < 4.78 is 11.3. The first-order chi connectivity index (χ1) is 12.7. The molecule has 1 unspecified atom stereocenters. The van der Waals surface area contributed by atoms with Gasteiger partial charge in [0.1, 0.15) is 13.2 Å². The highest BCUT2D eigenvalue weighted by atomic mass is 16.6. The largest absolute Gasteiger partial charge is 0.486 e. The van der Waals surface area contributed by atoms with Gasteiger partial charge in [-0.15, -0.1) is 0 Å². The quantitative estimate of drug-likeness (QED) is 0.522. The lowest BCUT2D eigenvalue weighted by Crippen LogP contribution is -2.38. The Hall–Kier alpha value is -1.95. The normalized spacial score (nSPS) is 14.8. The highest BCUT2D eigenvalue weighted by molar-refractivity contribution is 5.79. The number of hydrogen-bond donors (Lipinski definition) is 2. The summed E-state index contributed by atoms with van der Waals surface area (Å²) in [6, 6.07) is 6.08. The molecule has 0 radical (unpaired) electrons. The molecular weight excluding hydrogens is 330 g/mol. The second kappa shape index (κ2) is 10.9. The van der Waals surface area contributed by atoms with Crippen molar-refractivity contribution >= 4 is 5.96 Å². The number of benzene rings is 1. The van der Waals surface area contributed by atoms with Crippen molar-refractivity contribution in [3.63, 3.8) is 0 Å². The van der Waals surface area contributed by atoms with Gasteiger partial charge in [0.15, 0.2) is 17.5 Å². The molecule has 0 saturated carbocycles. The fourth-order valence-electron chi connectivity index (χ4n) is 3.14. The summed E-state index contributed by atoms with van der Waals surface area (Å²) >= 11 is 0. The first kappa shape index (κ1) is 20.4. The fourth-order valence-corrected chi connectivity index (χ4v) is 3.14. The number of aliphatic imine (C=N–C) groups is 1. The van der Waals surface area contributed by atoms with Crippen LogP contribution in [0.2, 0.25) is 0 Å². The molecule has 6 heteroatoms. The molecule has 1 aliphatic heterocycles. The van der Waals surface area contributed by atoms with Crippen LogP contribution in [0.3, 0.4) is 0 Å². The van der Waals surface area contributed by atoms with Crippen molar-refractivity contribution in [2.75, 3.05) is 40.0 Å². The molecule has 1 aromatic carbocycles. The Morgan fingerprint density at radius 2 is 2.00 bits per heavy atom. The zero-order valence-corrected chi connectivity index (χ0v) is 16.3. The summed E-state index contributed by atoms with van der Waals surface area (Å²) in [5, 5.41) is 12.6. The molecule has 1 atom stereocenters. The van der Waals surface area contributed by atoms with Crippen molar-refractivity contribution in [3.05, 3.63) is 23.8 Å². The average molecular weight is 364 g/mol. The van der Waals surface area contributed by atoms with Crippen LogP contribution in [0.1, 0.15) is 38.7 Å². The van der Waals surface area contributed by atoms with Crippen molar-refractivity contribution in [2.45, 2.75) is 39.7 Å². The SMILES string of the molecule is CCCC(CCO)CN=C(NCC)N(C)Cc1ccc2c(c1)OCCO2. The fraction of sp³-hybridized carbons (Fsp3) is 0.650. The molecule has 1 aromatic rings. The van der Waals surface area contributed by atoms with E-state index in [1.54, 1.807) is 0 Å². The molecule has 0 aromatic heterocycles. The van der Waals surface area contributed by atoms with Gasteiger partial charge in [-0.3, -0.25) is 4.99 Å². The Morgan fingerprint density at radius 1 is 1.23 bits per heavy atom. The Labute approximate surface area is 157 Å². The van der Waals surface area contributed by atoms with E-state index in [9.17, 15) is 5.11 Å². The van der Waals surface area contributed by atoms with Gasteiger partial charge in [-0.25, -0.2) is 0 Å². The van der Waals surface area contributed by atoms with Crippen LogP contribution in [0.25, 0.3) is 0 Å². The summed E-state index contributed by atoms with van der Waals surface area (Å²) in [7, 11) is 2.04. The van der Waals surface area contributed by atoms with Crippen molar-refractivity contribution in [1.29, 1.82) is 0 Å². The molecule has 0 fully saturated rings. The predicted octanol–water partition coefficient (Wildman–Crippen LogP) is 2.65. The number of aliphatic hydroxyl groups excluding tert-OH is 1. The van der Waals surface area contributed by atoms with E-state index < -0.39 is 0 Å². The van der Waals surface area contributed by atoms with E-state index >= 15 is 0 Å². The molecule has 0 bridgehead atoms. The molecule has 1 aliphatic rings. The Bertz CT molecular complexity index is 571. The molecule has 26 heavy (non-hydrogen) atoms. The van der Waals surface area contributed by atoms with Crippen LogP contribution < -0.4 is 14.8 Å². The second-order valence-corrected chi connectivity index (χ2v) is 6.70. The summed E-state index contributed by atoms with van der Waals surface area (Å²) in [4.78, 5) is 6.92. The van der Waals surface area contributed by atoms with Crippen LogP contribution >= 0.6 is 0 Å². The van der Waals surface area contributed by atoms with Gasteiger partial charge in [-0.1, -0.05) is 19.4 Å². The van der Waals surface area contributed by atoms with Gasteiger partial charge in [0, 0.05) is 33.3 Å². The summed E-state index contributed by atoms with van der Waals surface area (Å²) in [5.74, 6) is 2.95. The molecule has 1 heterocycles. The number of rotatable bonds is 9. The smallest absolute Gasteiger partial charge is 0.193 e. The van der Waals surface area contributed by atoms with Crippen molar-refractivity contribution in [3.8, 4) is 11.5 Å². The monoisotopic (exact) mass is 363 g/mol. The molecule has 146 valence electrons. The zero-order chi connectivity index (χ0) is 18.8. The number of fused-ring (bicyclic) bond motifs is 1. The third-order valence-electron chi connectivity index (χ3n) is 4.46. The molecule has 0 amide bonds. The van der Waals surface area contributed by atoms with Crippen LogP contribution in [0.5, 0.6) is 11.5 Å². The molecule has 2 N–H and O–H groups in total. The van der Waals surface area contributed by atoms with Crippen molar-refractivity contribution < 1.29 is 14.6 Å². The van der Waals surface area contributed by atoms with Gasteiger partial charge in [0.2, 0.25) is 0 Å². The third-order valence-corrected chi connectivity index (χ3v) is 4.46. The number of guanidine groups is 1. The molecule has 2 rings (SSSR count). The number of nitrogens with one attached hydrogen (secondary N) is 1. The maximum Gasteiger partial charge on any atom is 0.193 e. The first-order valence-corrected chi connectivity index (χ1v) is 9.66. The van der Waals surface area contributed by atoms with E-state index in [4.69, 9.17) is 14.5 Å². The number of hydrogen-bond acceptors (Lipinski definition) is 4. The number of nitrogens with zero attached hydrogens (tertiary/aromatic N) is 2. The van der Waals surface area contributed by atoms with Crippen molar-refractivity contribution in [2.24, 2.45) is 10.9 Å². The Kier molecular flexibility index (Phi) is 8.54. The van der Waals surface area contributed by atoms with Gasteiger partial charge >= 0.3 is 0 Å². The van der Waals surface area contributed by atoms with Crippen LogP contribution in [-0.4, -0.2) is 55.9 Å². The molecule has 0 saturated heterocycles. The lowest BCUT2D eigenvalue weighted by Gasteiger charge is -2.24. The van der Waals surface area contributed by atoms with Crippen LogP contribution in [0.4, 0.5) is 0 Å². The van der Waals surface area contributed by atoms with Crippen LogP contribution in [0.15, 0.2) is 23.2 Å². The number of aliphatic hydroxyl groups is 1. The predicted molar refractivity (Wildman–Crippen MR) is 105 cm³/mol. The van der Waals surface area contributed by atoms with E-state index in [-0.39, 0.29) is 6.61 Å². The minimum absolute atomic E-state index is 0.226. The van der Waals surface area contributed by atoms with Gasteiger partial charge in [0.25, 0.3) is 0 Å². The van der Waals surface area contributed by atoms with Gasteiger partial charge in [-0.05, 0) is 43.4 Å². The number of ether oxygens (including phenoxy) is 2. The average Bonchev–Trinajstić information content (AvgIpc) is 2.65. The lowest BCUT2D eigenvalue weighted by molar-refractivity contribution is 0.171. The minimum Gasteiger partial charge on any atom is -0.486 e. The van der Waals surface area contributed by atoms with Crippen molar-refractivity contribution in [1.82, 2.24) is 10.2 Å². The maximum atomic E-state index is 9.24. The molecule has 0 aliphatic carbocycles. The minimum atomic E-state index is 0.226. The van der Waals surface area contributed by atoms with Gasteiger partial charge in [-0.2, -0.15) is 0 Å². The summed E-state index contributed by atoms with van der Waals surface area (Å²) in [6.07, 6.45) is 3.02. The van der Waals surface area contributed by atoms with Crippen LogP contribution in [-0.2, 0) is 6.54 Å². The zero-order valence-electron chi connectivity index (χ0n) is 16.3. The molecular formula is C20H33N3O3.